The zero-order valence-corrected chi connectivity index (χ0v) is 13.2. The van der Waals surface area contributed by atoms with Gasteiger partial charge in [0.15, 0.2) is 0 Å². The third-order valence-electron chi connectivity index (χ3n) is 4.89. The highest BCUT2D eigenvalue weighted by Gasteiger charge is 2.44. The maximum absolute atomic E-state index is 10.9. The van der Waals surface area contributed by atoms with E-state index in [0.29, 0.717) is 6.61 Å². The lowest BCUT2D eigenvalue weighted by Gasteiger charge is -2.42. The maximum Gasteiger partial charge on any atom is 0.0979 e. The summed E-state index contributed by atoms with van der Waals surface area (Å²) in [6.45, 7) is 4.93. The quantitative estimate of drug-likeness (QED) is 0.911. The van der Waals surface area contributed by atoms with Crippen LogP contribution in [0.25, 0.3) is 0 Å². The molecule has 1 saturated carbocycles. The van der Waals surface area contributed by atoms with Gasteiger partial charge in [-0.2, -0.15) is 5.26 Å². The average Bonchev–Trinajstić information content (AvgIpc) is 2.48. The summed E-state index contributed by atoms with van der Waals surface area (Å²) in [5.74, 6) is 0. The molecule has 1 N–H and O–H groups in total. The summed E-state index contributed by atoms with van der Waals surface area (Å²) in [5.41, 5.74) is 1.40. The third-order valence-corrected chi connectivity index (χ3v) is 4.89. The van der Waals surface area contributed by atoms with Crippen LogP contribution in [0.1, 0.15) is 56.8 Å². The first-order valence-corrected chi connectivity index (χ1v) is 7.60. The van der Waals surface area contributed by atoms with Crippen LogP contribution in [0.4, 0.5) is 0 Å². The van der Waals surface area contributed by atoms with Crippen molar-refractivity contribution in [2.75, 3.05) is 7.11 Å². The summed E-state index contributed by atoms with van der Waals surface area (Å²) >= 11 is 0. The number of methoxy groups -OCH3 is 1. The fourth-order valence-electron chi connectivity index (χ4n) is 3.20. The second kappa shape index (κ2) is 6.17. The molecule has 1 aliphatic carbocycles. The van der Waals surface area contributed by atoms with Crippen molar-refractivity contribution < 1.29 is 9.84 Å². The zero-order chi connectivity index (χ0) is 15.5. The first-order valence-electron chi connectivity index (χ1n) is 7.60. The Hall–Kier alpha value is -1.37. The highest BCUT2D eigenvalue weighted by Crippen LogP contribution is 2.51. The lowest BCUT2D eigenvalue weighted by molar-refractivity contribution is 0.00815. The van der Waals surface area contributed by atoms with E-state index >= 15 is 0 Å². The monoisotopic (exact) mass is 287 g/mol. The molecule has 3 heteroatoms. The molecule has 0 aliphatic heterocycles. The van der Waals surface area contributed by atoms with Gasteiger partial charge in [-0.25, -0.2) is 0 Å². The molecule has 0 spiro atoms. The van der Waals surface area contributed by atoms with E-state index in [1.54, 1.807) is 7.11 Å². The molecular formula is C18H25NO2. The molecule has 1 unspecified atom stereocenters. The minimum absolute atomic E-state index is 0.270. The molecule has 1 fully saturated rings. The van der Waals surface area contributed by atoms with Gasteiger partial charge >= 0.3 is 0 Å². The number of nitriles is 1. The molecule has 1 atom stereocenters. The number of nitrogens with zero attached hydrogens (tertiary/aromatic N) is 1. The average molecular weight is 287 g/mol. The molecule has 0 saturated heterocycles. The van der Waals surface area contributed by atoms with Crippen molar-refractivity contribution in [3.8, 4) is 6.07 Å². The van der Waals surface area contributed by atoms with Crippen LogP contribution >= 0.6 is 0 Å². The Balaban J connectivity index is 2.30. The van der Waals surface area contributed by atoms with Crippen molar-refractivity contribution in [2.45, 2.75) is 52.2 Å². The van der Waals surface area contributed by atoms with Gasteiger partial charge in [-0.05, 0) is 42.2 Å². The van der Waals surface area contributed by atoms with E-state index < -0.39 is 11.5 Å². The highest BCUT2D eigenvalue weighted by atomic mass is 16.5. The molecule has 1 aliphatic rings. The van der Waals surface area contributed by atoms with Crippen molar-refractivity contribution in [1.29, 1.82) is 5.26 Å². The molecule has 2 rings (SSSR count). The Bertz CT molecular complexity index is 520. The van der Waals surface area contributed by atoms with Crippen LogP contribution in [-0.2, 0) is 11.3 Å². The SMILES string of the molecule is COCc1ccccc1C(O)C1(C#N)CCC(C)(C)CC1. The Kier molecular flexibility index (Phi) is 4.70. The molecule has 21 heavy (non-hydrogen) atoms. The van der Waals surface area contributed by atoms with Gasteiger partial charge in [-0.3, -0.25) is 0 Å². The van der Waals surface area contributed by atoms with E-state index in [1.165, 1.54) is 0 Å². The van der Waals surface area contributed by atoms with Crippen LogP contribution in [0, 0.1) is 22.2 Å². The predicted octanol–water partition coefficient (Wildman–Crippen LogP) is 3.98. The number of aliphatic hydroxyl groups is 1. The van der Waals surface area contributed by atoms with Gasteiger partial charge in [0.25, 0.3) is 0 Å². The van der Waals surface area contributed by atoms with Crippen molar-refractivity contribution in [3.63, 3.8) is 0 Å². The number of aliphatic hydroxyl groups excluding tert-OH is 1. The zero-order valence-electron chi connectivity index (χ0n) is 13.2. The van der Waals surface area contributed by atoms with Crippen LogP contribution in [-0.4, -0.2) is 12.2 Å². The maximum atomic E-state index is 10.9. The van der Waals surface area contributed by atoms with Crippen LogP contribution in [0.2, 0.25) is 0 Å². The fraction of sp³-hybridized carbons (Fsp3) is 0.611. The highest BCUT2D eigenvalue weighted by molar-refractivity contribution is 5.32. The minimum Gasteiger partial charge on any atom is -0.387 e. The normalized spacial score (nSPS) is 21.5. The minimum atomic E-state index is -0.745. The summed E-state index contributed by atoms with van der Waals surface area (Å²) in [6.07, 6.45) is 2.71. The molecule has 0 amide bonds. The summed E-state index contributed by atoms with van der Waals surface area (Å²) in [5, 5.41) is 20.6. The Morgan fingerprint density at radius 2 is 1.86 bits per heavy atom. The second-order valence-electron chi connectivity index (χ2n) is 6.97. The fourth-order valence-corrected chi connectivity index (χ4v) is 3.20. The van der Waals surface area contributed by atoms with Crippen molar-refractivity contribution >= 4 is 0 Å². The van der Waals surface area contributed by atoms with E-state index in [-0.39, 0.29) is 5.41 Å². The van der Waals surface area contributed by atoms with E-state index in [0.717, 1.165) is 36.8 Å². The molecule has 0 heterocycles. The number of hydrogen-bond donors (Lipinski definition) is 1. The van der Waals surface area contributed by atoms with Gasteiger partial charge in [0.1, 0.15) is 0 Å². The predicted molar refractivity (Wildman–Crippen MR) is 82.4 cm³/mol. The van der Waals surface area contributed by atoms with E-state index in [1.807, 2.05) is 24.3 Å². The molecule has 1 aromatic carbocycles. The molecule has 0 radical (unpaired) electrons. The Morgan fingerprint density at radius 1 is 1.24 bits per heavy atom. The van der Waals surface area contributed by atoms with E-state index in [9.17, 15) is 10.4 Å². The molecule has 0 aromatic heterocycles. The number of benzene rings is 1. The molecular weight excluding hydrogens is 262 g/mol. The van der Waals surface area contributed by atoms with Crippen LogP contribution < -0.4 is 0 Å². The molecule has 0 bridgehead atoms. The summed E-state index contributed by atoms with van der Waals surface area (Å²) in [4.78, 5) is 0. The lowest BCUT2D eigenvalue weighted by Crippen LogP contribution is -2.35. The largest absolute Gasteiger partial charge is 0.387 e. The molecule has 3 nitrogen and oxygen atoms in total. The third kappa shape index (κ3) is 3.28. The first-order chi connectivity index (χ1) is 9.94. The van der Waals surface area contributed by atoms with Gasteiger partial charge in [0.2, 0.25) is 0 Å². The van der Waals surface area contributed by atoms with Gasteiger partial charge in [-0.15, -0.1) is 0 Å². The van der Waals surface area contributed by atoms with Crippen molar-refractivity contribution in [2.24, 2.45) is 10.8 Å². The van der Waals surface area contributed by atoms with Crippen LogP contribution in [0.3, 0.4) is 0 Å². The van der Waals surface area contributed by atoms with Crippen molar-refractivity contribution in [3.05, 3.63) is 35.4 Å². The van der Waals surface area contributed by atoms with Gasteiger partial charge < -0.3 is 9.84 Å². The summed E-state index contributed by atoms with van der Waals surface area (Å²) in [6, 6.07) is 10.2. The molecule has 1 aromatic rings. The van der Waals surface area contributed by atoms with E-state index in [2.05, 4.69) is 19.9 Å². The van der Waals surface area contributed by atoms with Gasteiger partial charge in [-0.1, -0.05) is 38.1 Å². The topological polar surface area (TPSA) is 53.2 Å². The number of ether oxygens (including phenoxy) is 1. The summed E-state index contributed by atoms with van der Waals surface area (Å²) in [7, 11) is 1.65. The van der Waals surface area contributed by atoms with Gasteiger partial charge in [0.05, 0.1) is 24.2 Å². The lowest BCUT2D eigenvalue weighted by atomic mass is 9.62. The molecule has 114 valence electrons. The number of hydrogen-bond acceptors (Lipinski definition) is 3. The summed E-state index contributed by atoms with van der Waals surface area (Å²) < 4.78 is 5.21. The van der Waals surface area contributed by atoms with E-state index in [4.69, 9.17) is 4.74 Å². The van der Waals surface area contributed by atoms with Gasteiger partial charge in [0, 0.05) is 7.11 Å². The second-order valence-corrected chi connectivity index (χ2v) is 6.97. The smallest absolute Gasteiger partial charge is 0.0979 e. The van der Waals surface area contributed by atoms with Crippen LogP contribution in [0.15, 0.2) is 24.3 Å². The number of rotatable bonds is 4. The Morgan fingerprint density at radius 3 is 2.43 bits per heavy atom. The van der Waals surface area contributed by atoms with Crippen molar-refractivity contribution in [1.82, 2.24) is 0 Å². The van der Waals surface area contributed by atoms with Crippen LogP contribution in [0.5, 0.6) is 0 Å². The Labute approximate surface area is 127 Å². The first kappa shape index (κ1) is 16.0. The standard InChI is InChI=1S/C18H25NO2/c1-17(2)8-10-18(13-19,11-9-17)16(20)15-7-5-4-6-14(15)12-21-3/h4-7,16,20H,8-12H2,1-3H3.